The third kappa shape index (κ3) is 5.77. The van der Waals surface area contributed by atoms with Crippen molar-refractivity contribution in [2.45, 2.75) is 39.3 Å². The van der Waals surface area contributed by atoms with E-state index in [1.807, 2.05) is 19.1 Å². The minimum absolute atomic E-state index is 0.0835. The molecule has 4 N–H and O–H groups in total. The number of carboxylic acid groups (broad SMARTS) is 1. The first-order valence-corrected chi connectivity index (χ1v) is 11.4. The van der Waals surface area contributed by atoms with Crippen molar-refractivity contribution < 1.29 is 23.5 Å². The number of rotatable bonds is 10. The van der Waals surface area contributed by atoms with E-state index in [1.54, 1.807) is 37.7 Å². The molecule has 0 aliphatic heterocycles. The number of halogens is 1. The van der Waals surface area contributed by atoms with Gasteiger partial charge in [0.25, 0.3) is 5.91 Å². The van der Waals surface area contributed by atoms with E-state index in [-0.39, 0.29) is 6.42 Å². The van der Waals surface area contributed by atoms with Gasteiger partial charge in [-0.05, 0) is 42.2 Å². The zero-order valence-electron chi connectivity index (χ0n) is 19.8. The summed E-state index contributed by atoms with van der Waals surface area (Å²) in [7, 11) is 0. The summed E-state index contributed by atoms with van der Waals surface area (Å²) >= 11 is 0. The van der Waals surface area contributed by atoms with Crippen molar-refractivity contribution >= 4 is 17.8 Å². The number of nitrogens with zero attached hydrogens (tertiary/aromatic N) is 2. The van der Waals surface area contributed by atoms with Crippen molar-refractivity contribution in [1.29, 1.82) is 0 Å². The number of aliphatic carboxylic acids is 1. The Morgan fingerprint density at radius 1 is 1.22 bits per heavy atom. The zero-order valence-corrected chi connectivity index (χ0v) is 19.8. The number of H-pyrrole nitrogens is 1. The molecular weight excluding hydrogens is 465 g/mol. The van der Waals surface area contributed by atoms with E-state index < -0.39 is 23.7 Å². The van der Waals surface area contributed by atoms with Gasteiger partial charge in [0.1, 0.15) is 23.8 Å². The number of carbonyl (C=O) groups is 2. The normalized spacial score (nSPS) is 11.8. The lowest BCUT2D eigenvalue weighted by Gasteiger charge is -2.17. The Morgan fingerprint density at radius 2 is 2.00 bits per heavy atom. The lowest BCUT2D eigenvalue weighted by Crippen LogP contribution is -2.42. The molecule has 9 nitrogen and oxygen atoms in total. The zero-order chi connectivity index (χ0) is 25.7. The van der Waals surface area contributed by atoms with Gasteiger partial charge in [-0.15, -0.1) is 0 Å². The molecule has 2 aromatic carbocycles. The van der Waals surface area contributed by atoms with Crippen LogP contribution in [0.2, 0.25) is 0 Å². The van der Waals surface area contributed by atoms with Gasteiger partial charge in [0, 0.05) is 29.9 Å². The molecule has 36 heavy (non-hydrogen) atoms. The highest BCUT2D eigenvalue weighted by Crippen LogP contribution is 2.21. The smallest absolute Gasteiger partial charge is 0.326 e. The molecule has 0 saturated heterocycles. The highest BCUT2D eigenvalue weighted by atomic mass is 19.1. The number of aromatic amines is 1. The topological polar surface area (TPSA) is 133 Å². The van der Waals surface area contributed by atoms with E-state index >= 15 is 0 Å². The first-order valence-electron chi connectivity index (χ1n) is 11.4. The summed E-state index contributed by atoms with van der Waals surface area (Å²) in [4.78, 5) is 36.3. The number of nitrogens with one attached hydrogen (secondary N) is 3. The molecule has 0 saturated carbocycles. The van der Waals surface area contributed by atoms with Gasteiger partial charge in [0.05, 0.1) is 6.54 Å². The van der Waals surface area contributed by atoms with E-state index in [2.05, 4.69) is 25.6 Å². The maximum absolute atomic E-state index is 13.7. The van der Waals surface area contributed by atoms with Crippen LogP contribution in [0.5, 0.6) is 0 Å². The van der Waals surface area contributed by atoms with Crippen LogP contribution in [0.3, 0.4) is 0 Å². The van der Waals surface area contributed by atoms with Gasteiger partial charge in [0.15, 0.2) is 0 Å². The number of aromatic nitrogens is 3. The van der Waals surface area contributed by atoms with Crippen molar-refractivity contribution in [3.8, 4) is 11.3 Å². The maximum Gasteiger partial charge on any atom is 0.326 e. The van der Waals surface area contributed by atoms with Gasteiger partial charge >= 0.3 is 5.97 Å². The Morgan fingerprint density at radius 3 is 2.67 bits per heavy atom. The maximum atomic E-state index is 13.7. The van der Waals surface area contributed by atoms with Crippen LogP contribution in [0.25, 0.3) is 11.3 Å². The van der Waals surface area contributed by atoms with Crippen molar-refractivity contribution in [1.82, 2.24) is 20.3 Å². The van der Waals surface area contributed by atoms with Crippen LogP contribution in [0.4, 0.5) is 10.3 Å². The molecule has 0 fully saturated rings. The largest absolute Gasteiger partial charge is 0.480 e. The Kier molecular flexibility index (Phi) is 7.43. The first kappa shape index (κ1) is 24.6. The summed E-state index contributed by atoms with van der Waals surface area (Å²) in [5.74, 6) is -1.02. The highest BCUT2D eigenvalue weighted by Gasteiger charge is 2.24. The standard InChI is InChI=1S/C26H26FN5O4/c1-3-17-12-19(27)10-15(2)23(17)24(33)32-20(25(34)35)11-16-4-6-18(7-5-16)21-14-36-22(31-21)13-30-26-28-8-9-29-26/h4-10,12,14,20H,3,11,13H2,1-2H3,(H,32,33)(H,34,35)(H2,28,29,30). The first-order chi connectivity index (χ1) is 17.3. The minimum Gasteiger partial charge on any atom is -0.480 e. The van der Waals surface area contributed by atoms with Crippen LogP contribution in [0, 0.1) is 12.7 Å². The van der Waals surface area contributed by atoms with Gasteiger partial charge in [0.2, 0.25) is 11.8 Å². The summed E-state index contributed by atoms with van der Waals surface area (Å²) < 4.78 is 19.2. The van der Waals surface area contributed by atoms with Crippen molar-refractivity contribution in [2.75, 3.05) is 5.32 Å². The van der Waals surface area contributed by atoms with Crippen LogP contribution in [0.1, 0.15) is 39.9 Å². The molecule has 0 aliphatic rings. The summed E-state index contributed by atoms with van der Waals surface area (Å²) in [5, 5.41) is 15.4. The summed E-state index contributed by atoms with van der Waals surface area (Å²) in [5.41, 5.74) is 3.47. The van der Waals surface area contributed by atoms with Crippen LogP contribution in [-0.4, -0.2) is 38.0 Å². The van der Waals surface area contributed by atoms with Crippen LogP contribution < -0.4 is 10.6 Å². The van der Waals surface area contributed by atoms with Crippen LogP contribution >= 0.6 is 0 Å². The van der Waals surface area contributed by atoms with Gasteiger partial charge in [-0.3, -0.25) is 4.79 Å². The second-order valence-electron chi connectivity index (χ2n) is 8.29. The SMILES string of the molecule is CCc1cc(F)cc(C)c1C(=O)NC(Cc1ccc(-c2coc(CNc3ncc[nH]3)n2)cc1)C(=O)O. The predicted octanol–water partition coefficient (Wildman–Crippen LogP) is 4.11. The lowest BCUT2D eigenvalue weighted by molar-refractivity contribution is -0.139. The second-order valence-corrected chi connectivity index (χ2v) is 8.29. The second kappa shape index (κ2) is 10.9. The summed E-state index contributed by atoms with van der Waals surface area (Å²) in [6.07, 6.45) is 5.42. The van der Waals surface area contributed by atoms with Gasteiger partial charge in [-0.25, -0.2) is 19.2 Å². The number of carboxylic acids is 1. The van der Waals surface area contributed by atoms with E-state index in [0.29, 0.717) is 47.2 Å². The minimum atomic E-state index is -1.16. The van der Waals surface area contributed by atoms with Gasteiger partial charge in [-0.1, -0.05) is 31.2 Å². The molecule has 1 amide bonds. The Balaban J connectivity index is 1.42. The fraction of sp³-hybridized carbons (Fsp3) is 0.231. The number of imidazole rings is 1. The average Bonchev–Trinajstić information content (AvgIpc) is 3.54. The quantitative estimate of drug-likeness (QED) is 0.262. The van der Waals surface area contributed by atoms with Crippen molar-refractivity contribution in [3.63, 3.8) is 0 Å². The molecule has 1 unspecified atom stereocenters. The number of carbonyl (C=O) groups excluding carboxylic acids is 1. The lowest BCUT2D eigenvalue weighted by atomic mass is 9.98. The van der Waals surface area contributed by atoms with E-state index in [1.165, 1.54) is 12.1 Å². The third-order valence-corrected chi connectivity index (χ3v) is 5.74. The molecule has 0 aliphatic carbocycles. The number of oxazole rings is 1. The van der Waals surface area contributed by atoms with Crippen LogP contribution in [-0.2, 0) is 24.2 Å². The summed E-state index contributed by atoms with van der Waals surface area (Å²) in [6.45, 7) is 3.81. The fourth-order valence-corrected chi connectivity index (χ4v) is 3.94. The van der Waals surface area contributed by atoms with Gasteiger partial charge in [-0.2, -0.15) is 0 Å². The molecule has 186 valence electrons. The number of amides is 1. The predicted molar refractivity (Wildman–Crippen MR) is 131 cm³/mol. The Bertz CT molecular complexity index is 1350. The monoisotopic (exact) mass is 491 g/mol. The van der Waals surface area contributed by atoms with E-state index in [9.17, 15) is 19.1 Å². The van der Waals surface area contributed by atoms with Crippen molar-refractivity contribution in [3.05, 3.63) is 89.0 Å². The fourth-order valence-electron chi connectivity index (χ4n) is 3.94. The van der Waals surface area contributed by atoms with Gasteiger partial charge < -0.3 is 25.1 Å². The molecular formula is C26H26FN5O4. The highest BCUT2D eigenvalue weighted by molar-refractivity contribution is 5.99. The molecule has 0 bridgehead atoms. The molecule has 4 aromatic rings. The Hall–Kier alpha value is -4.47. The number of anilines is 1. The molecule has 2 aromatic heterocycles. The molecule has 0 radical (unpaired) electrons. The molecule has 10 heteroatoms. The average molecular weight is 492 g/mol. The molecule has 4 rings (SSSR count). The van der Waals surface area contributed by atoms with E-state index in [0.717, 1.165) is 11.1 Å². The third-order valence-electron chi connectivity index (χ3n) is 5.74. The summed E-state index contributed by atoms with van der Waals surface area (Å²) in [6, 6.07) is 8.63. The van der Waals surface area contributed by atoms with Crippen LogP contribution in [0.15, 0.2) is 59.5 Å². The number of hydrogen-bond donors (Lipinski definition) is 4. The van der Waals surface area contributed by atoms with E-state index in [4.69, 9.17) is 4.42 Å². The number of hydrogen-bond acceptors (Lipinski definition) is 6. The number of benzene rings is 2. The molecule has 0 spiro atoms. The number of aryl methyl sites for hydroxylation is 2. The molecule has 2 heterocycles. The Labute approximate surface area is 206 Å². The molecule has 1 atom stereocenters. The van der Waals surface area contributed by atoms with Crippen molar-refractivity contribution in [2.24, 2.45) is 0 Å².